The predicted molar refractivity (Wildman–Crippen MR) is 121 cm³/mol. The molecule has 0 atom stereocenters. The van der Waals surface area contributed by atoms with Crippen LogP contribution in [0.2, 0.25) is 0 Å². The lowest BCUT2D eigenvalue weighted by Gasteiger charge is -2.26. The van der Waals surface area contributed by atoms with Gasteiger partial charge in [0.1, 0.15) is 22.3 Å². The van der Waals surface area contributed by atoms with Gasteiger partial charge in [-0.15, -0.1) is 11.3 Å². The van der Waals surface area contributed by atoms with Gasteiger partial charge in [0.15, 0.2) is 0 Å². The molecule has 0 bridgehead atoms. The molecule has 0 fully saturated rings. The van der Waals surface area contributed by atoms with E-state index in [4.69, 9.17) is 19.2 Å². The Kier molecular flexibility index (Phi) is 6.27. The molecule has 0 unspecified atom stereocenters. The Bertz CT molecular complexity index is 1040. The minimum absolute atomic E-state index is 0.156. The third-order valence-corrected chi connectivity index (χ3v) is 6.16. The Balaban J connectivity index is 1.46. The summed E-state index contributed by atoms with van der Waals surface area (Å²) in [6, 6.07) is 13.1. The van der Waals surface area contributed by atoms with Crippen LogP contribution in [0.25, 0.3) is 10.6 Å². The van der Waals surface area contributed by atoms with Crippen LogP contribution in [0.1, 0.15) is 17.5 Å². The number of thiazole rings is 1. The van der Waals surface area contributed by atoms with Crippen molar-refractivity contribution in [3.8, 4) is 27.8 Å². The van der Waals surface area contributed by atoms with Crippen LogP contribution in [-0.4, -0.2) is 43.3 Å². The third-order valence-electron chi connectivity index (χ3n) is 5.03. The Morgan fingerprint density at radius 3 is 2.45 bits per heavy atom. The van der Waals surface area contributed by atoms with Crippen molar-refractivity contribution in [3.63, 3.8) is 0 Å². The SMILES string of the molecule is CCOc1ccc(-c2nc3c(s2)CN(C(=O)Nc2cc(OC)cc(OC)c2)CC3)cc1. The van der Waals surface area contributed by atoms with Gasteiger partial charge in [-0.2, -0.15) is 0 Å². The van der Waals surface area contributed by atoms with Crippen LogP contribution < -0.4 is 19.5 Å². The predicted octanol–water partition coefficient (Wildman–Crippen LogP) is 4.82. The average Bonchev–Trinajstić information content (AvgIpc) is 3.23. The van der Waals surface area contributed by atoms with E-state index in [1.54, 1.807) is 48.7 Å². The van der Waals surface area contributed by atoms with Crippen LogP contribution in [-0.2, 0) is 13.0 Å². The van der Waals surface area contributed by atoms with E-state index in [1.807, 2.05) is 31.2 Å². The van der Waals surface area contributed by atoms with Crippen molar-refractivity contribution in [2.24, 2.45) is 0 Å². The maximum atomic E-state index is 12.9. The van der Waals surface area contributed by atoms with Gasteiger partial charge in [0.2, 0.25) is 0 Å². The number of carbonyl (C=O) groups is 1. The lowest BCUT2D eigenvalue weighted by atomic mass is 10.2. The monoisotopic (exact) mass is 439 g/mol. The molecule has 1 aromatic heterocycles. The fraction of sp³-hybridized carbons (Fsp3) is 0.304. The van der Waals surface area contributed by atoms with Gasteiger partial charge < -0.3 is 24.4 Å². The molecule has 0 saturated carbocycles. The van der Waals surface area contributed by atoms with E-state index >= 15 is 0 Å². The molecule has 0 radical (unpaired) electrons. The summed E-state index contributed by atoms with van der Waals surface area (Å²) < 4.78 is 16.1. The average molecular weight is 440 g/mol. The van der Waals surface area contributed by atoms with Crippen molar-refractivity contribution in [1.29, 1.82) is 0 Å². The molecule has 2 heterocycles. The molecular weight excluding hydrogens is 414 g/mol. The van der Waals surface area contributed by atoms with Crippen molar-refractivity contribution in [2.45, 2.75) is 19.9 Å². The summed E-state index contributed by atoms with van der Waals surface area (Å²) in [5, 5.41) is 3.91. The minimum atomic E-state index is -0.156. The zero-order valence-corrected chi connectivity index (χ0v) is 18.6. The summed E-state index contributed by atoms with van der Waals surface area (Å²) in [6.07, 6.45) is 0.734. The molecule has 4 rings (SSSR count). The van der Waals surface area contributed by atoms with E-state index in [1.165, 1.54) is 0 Å². The first-order valence-electron chi connectivity index (χ1n) is 10.1. The maximum Gasteiger partial charge on any atom is 0.322 e. The first-order valence-corrected chi connectivity index (χ1v) is 10.9. The van der Waals surface area contributed by atoms with Gasteiger partial charge in [0.25, 0.3) is 0 Å². The molecular formula is C23H25N3O4S. The number of fused-ring (bicyclic) bond motifs is 1. The maximum absolute atomic E-state index is 12.9. The van der Waals surface area contributed by atoms with Gasteiger partial charge in [0.05, 0.1) is 33.1 Å². The van der Waals surface area contributed by atoms with E-state index in [9.17, 15) is 4.79 Å². The van der Waals surface area contributed by atoms with Gasteiger partial charge >= 0.3 is 6.03 Å². The van der Waals surface area contributed by atoms with Crippen LogP contribution in [0.4, 0.5) is 10.5 Å². The van der Waals surface area contributed by atoms with Gasteiger partial charge in [0, 0.05) is 47.3 Å². The third kappa shape index (κ3) is 4.74. The van der Waals surface area contributed by atoms with Crippen LogP contribution in [0.5, 0.6) is 17.2 Å². The van der Waals surface area contributed by atoms with E-state index in [2.05, 4.69) is 5.32 Å². The molecule has 1 aliphatic rings. The van der Waals surface area contributed by atoms with Crippen LogP contribution in [0.3, 0.4) is 0 Å². The minimum Gasteiger partial charge on any atom is -0.497 e. The Labute approximate surface area is 185 Å². The smallest absolute Gasteiger partial charge is 0.322 e. The van der Waals surface area contributed by atoms with Crippen molar-refractivity contribution in [3.05, 3.63) is 53.0 Å². The molecule has 3 aromatic rings. The standard InChI is InChI=1S/C23H25N3O4S/c1-4-30-17-7-5-15(6-8-17)22-25-20-9-10-26(14-21(20)31-22)23(27)24-16-11-18(28-2)13-19(12-16)29-3/h5-8,11-13H,4,9-10,14H2,1-3H3,(H,24,27). The lowest BCUT2D eigenvalue weighted by molar-refractivity contribution is 0.207. The number of anilines is 1. The fourth-order valence-corrected chi connectivity index (χ4v) is 4.56. The highest BCUT2D eigenvalue weighted by Gasteiger charge is 2.24. The Hall–Kier alpha value is -3.26. The number of amides is 2. The van der Waals surface area contributed by atoms with Gasteiger partial charge in [-0.05, 0) is 31.2 Å². The molecule has 7 nitrogen and oxygen atoms in total. The number of carbonyl (C=O) groups excluding carboxylic acids is 1. The molecule has 31 heavy (non-hydrogen) atoms. The largest absolute Gasteiger partial charge is 0.497 e. The zero-order valence-electron chi connectivity index (χ0n) is 17.8. The molecule has 8 heteroatoms. The van der Waals surface area contributed by atoms with E-state index < -0.39 is 0 Å². The van der Waals surface area contributed by atoms with E-state index in [-0.39, 0.29) is 6.03 Å². The highest BCUT2D eigenvalue weighted by Crippen LogP contribution is 2.33. The molecule has 2 amide bonds. The van der Waals surface area contributed by atoms with Gasteiger partial charge in [-0.1, -0.05) is 0 Å². The quantitative estimate of drug-likeness (QED) is 0.596. The fourth-order valence-electron chi connectivity index (χ4n) is 3.43. The van der Waals surface area contributed by atoms with Crippen molar-refractivity contribution in [1.82, 2.24) is 9.88 Å². The second-order valence-electron chi connectivity index (χ2n) is 7.05. The summed E-state index contributed by atoms with van der Waals surface area (Å²) in [6.45, 7) is 3.77. The van der Waals surface area contributed by atoms with Crippen LogP contribution in [0, 0.1) is 0 Å². The summed E-state index contributed by atoms with van der Waals surface area (Å²) in [7, 11) is 3.16. The molecule has 1 aliphatic heterocycles. The number of hydrogen-bond donors (Lipinski definition) is 1. The normalized spacial score (nSPS) is 12.8. The Morgan fingerprint density at radius 2 is 1.81 bits per heavy atom. The molecule has 0 spiro atoms. The number of rotatable bonds is 6. The van der Waals surface area contributed by atoms with Crippen LogP contribution >= 0.6 is 11.3 Å². The number of aromatic nitrogens is 1. The second kappa shape index (κ2) is 9.26. The molecule has 0 aliphatic carbocycles. The zero-order chi connectivity index (χ0) is 21.8. The number of methoxy groups -OCH3 is 2. The summed E-state index contributed by atoms with van der Waals surface area (Å²) in [4.78, 5) is 20.6. The van der Waals surface area contributed by atoms with Crippen molar-refractivity contribution in [2.75, 3.05) is 32.7 Å². The number of benzene rings is 2. The van der Waals surface area contributed by atoms with Crippen molar-refractivity contribution < 1.29 is 19.0 Å². The topological polar surface area (TPSA) is 72.9 Å². The lowest BCUT2D eigenvalue weighted by Crippen LogP contribution is -2.38. The summed E-state index contributed by atoms with van der Waals surface area (Å²) in [5.74, 6) is 2.10. The number of nitrogens with zero attached hydrogens (tertiary/aromatic N) is 2. The first kappa shape index (κ1) is 21.0. The van der Waals surface area contributed by atoms with E-state index in [0.29, 0.717) is 36.9 Å². The first-order chi connectivity index (χ1) is 15.1. The number of nitrogens with one attached hydrogen (secondary N) is 1. The van der Waals surface area contributed by atoms with Crippen LogP contribution in [0.15, 0.2) is 42.5 Å². The van der Waals surface area contributed by atoms with Crippen molar-refractivity contribution >= 4 is 23.1 Å². The van der Waals surface area contributed by atoms with E-state index in [0.717, 1.165) is 33.3 Å². The number of urea groups is 1. The molecule has 2 aromatic carbocycles. The molecule has 0 saturated heterocycles. The molecule has 162 valence electrons. The summed E-state index contributed by atoms with van der Waals surface area (Å²) in [5.41, 5.74) is 2.76. The summed E-state index contributed by atoms with van der Waals surface area (Å²) >= 11 is 1.63. The number of hydrogen-bond acceptors (Lipinski definition) is 6. The number of ether oxygens (including phenoxy) is 3. The highest BCUT2D eigenvalue weighted by atomic mass is 32.1. The molecule has 1 N–H and O–H groups in total. The Morgan fingerprint density at radius 1 is 1.10 bits per heavy atom. The van der Waals surface area contributed by atoms with Gasteiger partial charge in [-0.3, -0.25) is 0 Å². The van der Waals surface area contributed by atoms with Gasteiger partial charge in [-0.25, -0.2) is 9.78 Å². The highest BCUT2D eigenvalue weighted by molar-refractivity contribution is 7.15. The second-order valence-corrected chi connectivity index (χ2v) is 8.13.